The smallest absolute Gasteiger partial charge is 0.318 e. The lowest BCUT2D eigenvalue weighted by molar-refractivity contribution is -0.123. The Balaban J connectivity index is 1.73. The van der Waals surface area contributed by atoms with Crippen LogP contribution >= 0.6 is 0 Å². The number of likely N-dealkylation sites (N-methyl/N-ethyl adjacent to an activating group) is 1. The summed E-state index contributed by atoms with van der Waals surface area (Å²) in [6, 6.07) is 3.05. The van der Waals surface area contributed by atoms with Crippen LogP contribution in [0.25, 0.3) is 0 Å². The maximum Gasteiger partial charge on any atom is 0.318 e. The van der Waals surface area contributed by atoms with Gasteiger partial charge in [0, 0.05) is 19.6 Å². The molecule has 2 saturated heterocycles. The number of hydrogen-bond donors (Lipinski definition) is 2. The molecule has 1 aromatic carbocycles. The highest BCUT2D eigenvalue weighted by molar-refractivity contribution is 5.85. The van der Waals surface area contributed by atoms with E-state index in [9.17, 15) is 18.4 Å². The Hall–Kier alpha value is -2.22. The van der Waals surface area contributed by atoms with Gasteiger partial charge in [0.1, 0.15) is 6.54 Å². The fourth-order valence-electron chi connectivity index (χ4n) is 3.34. The van der Waals surface area contributed by atoms with Gasteiger partial charge in [0.25, 0.3) is 0 Å². The van der Waals surface area contributed by atoms with E-state index in [-0.39, 0.29) is 30.6 Å². The summed E-state index contributed by atoms with van der Waals surface area (Å²) < 4.78 is 26.7. The summed E-state index contributed by atoms with van der Waals surface area (Å²) in [5, 5.41) is 5.60. The van der Waals surface area contributed by atoms with E-state index in [2.05, 4.69) is 10.6 Å². The number of rotatable bonds is 2. The SMILES string of the molecule is CN1CC[C@@H](NC(=O)N2CCNC(=O)C2)[C@@H]1c1ccc(F)c(F)c1. The third kappa shape index (κ3) is 3.33. The number of halogens is 2. The van der Waals surface area contributed by atoms with Crippen molar-refractivity contribution < 1.29 is 18.4 Å². The first kappa shape index (κ1) is 16.6. The number of nitrogens with zero attached hydrogens (tertiary/aromatic N) is 2. The Bertz CT molecular complexity index is 655. The van der Waals surface area contributed by atoms with Gasteiger partial charge in [-0.2, -0.15) is 0 Å². The van der Waals surface area contributed by atoms with Crippen LogP contribution in [0.5, 0.6) is 0 Å². The van der Waals surface area contributed by atoms with Gasteiger partial charge in [-0.3, -0.25) is 9.69 Å². The molecule has 0 aliphatic carbocycles. The van der Waals surface area contributed by atoms with Gasteiger partial charge in [-0.15, -0.1) is 0 Å². The number of benzene rings is 1. The van der Waals surface area contributed by atoms with E-state index in [1.807, 2.05) is 11.9 Å². The van der Waals surface area contributed by atoms with Crippen molar-refractivity contribution in [3.05, 3.63) is 35.4 Å². The summed E-state index contributed by atoms with van der Waals surface area (Å²) in [5.41, 5.74) is 0.621. The predicted octanol–water partition coefficient (Wildman–Crippen LogP) is 0.851. The minimum absolute atomic E-state index is 0.0320. The van der Waals surface area contributed by atoms with Crippen LogP contribution in [0.1, 0.15) is 18.0 Å². The minimum atomic E-state index is -0.898. The number of likely N-dealkylation sites (tertiary alicyclic amines) is 1. The molecule has 130 valence electrons. The van der Waals surface area contributed by atoms with E-state index in [1.165, 1.54) is 11.0 Å². The molecule has 6 nitrogen and oxygen atoms in total. The number of piperazine rings is 1. The predicted molar refractivity (Wildman–Crippen MR) is 83.2 cm³/mol. The second kappa shape index (κ2) is 6.72. The normalized spacial score (nSPS) is 24.8. The molecule has 24 heavy (non-hydrogen) atoms. The number of carbonyl (C=O) groups excluding carboxylic acids is 2. The van der Waals surface area contributed by atoms with Crippen LogP contribution < -0.4 is 10.6 Å². The molecule has 0 saturated carbocycles. The Kier molecular flexibility index (Phi) is 4.66. The van der Waals surface area contributed by atoms with E-state index >= 15 is 0 Å². The van der Waals surface area contributed by atoms with Crippen LogP contribution in [-0.4, -0.2) is 61.0 Å². The number of carbonyl (C=O) groups is 2. The third-order valence-electron chi connectivity index (χ3n) is 4.57. The Morgan fingerprint density at radius 3 is 2.79 bits per heavy atom. The molecule has 0 spiro atoms. The van der Waals surface area contributed by atoms with Crippen molar-refractivity contribution in [2.24, 2.45) is 0 Å². The summed E-state index contributed by atoms with van der Waals surface area (Å²) in [6.07, 6.45) is 0.700. The Morgan fingerprint density at radius 1 is 1.29 bits per heavy atom. The lowest BCUT2D eigenvalue weighted by atomic mass is 10.00. The fourth-order valence-corrected chi connectivity index (χ4v) is 3.34. The van der Waals surface area contributed by atoms with Gasteiger partial charge in [0.15, 0.2) is 11.6 Å². The van der Waals surface area contributed by atoms with E-state index in [1.54, 1.807) is 6.07 Å². The molecule has 2 aliphatic rings. The van der Waals surface area contributed by atoms with Crippen molar-refractivity contribution in [1.82, 2.24) is 20.4 Å². The molecule has 2 fully saturated rings. The highest BCUT2D eigenvalue weighted by Gasteiger charge is 2.35. The highest BCUT2D eigenvalue weighted by atomic mass is 19.2. The standard InChI is InChI=1S/C16H20F2N4O2/c1-21-6-4-13(15(21)10-2-3-11(17)12(18)8-10)20-16(24)22-7-5-19-14(23)9-22/h2-3,8,13,15H,4-7,9H2,1H3,(H,19,23)(H,20,24)/t13-,15+/m1/s1. The average Bonchev–Trinajstić information content (AvgIpc) is 2.90. The Morgan fingerprint density at radius 2 is 2.08 bits per heavy atom. The monoisotopic (exact) mass is 338 g/mol. The summed E-state index contributed by atoms with van der Waals surface area (Å²) >= 11 is 0. The van der Waals surface area contributed by atoms with Gasteiger partial charge in [0.2, 0.25) is 5.91 Å². The fraction of sp³-hybridized carbons (Fsp3) is 0.500. The topological polar surface area (TPSA) is 64.7 Å². The first-order chi connectivity index (χ1) is 11.5. The minimum Gasteiger partial charge on any atom is -0.353 e. The molecule has 0 aromatic heterocycles. The molecule has 8 heteroatoms. The van der Waals surface area contributed by atoms with Gasteiger partial charge in [0.05, 0.1) is 12.1 Å². The molecule has 2 N–H and O–H groups in total. The van der Waals surface area contributed by atoms with E-state index < -0.39 is 11.6 Å². The van der Waals surface area contributed by atoms with Crippen molar-refractivity contribution in [1.29, 1.82) is 0 Å². The largest absolute Gasteiger partial charge is 0.353 e. The second-order valence-corrected chi connectivity index (χ2v) is 6.22. The van der Waals surface area contributed by atoms with Crippen LogP contribution in [0.2, 0.25) is 0 Å². The molecule has 2 aliphatic heterocycles. The van der Waals surface area contributed by atoms with Crippen molar-refractivity contribution in [3.63, 3.8) is 0 Å². The Labute approximate surface area is 138 Å². The average molecular weight is 338 g/mol. The van der Waals surface area contributed by atoms with Gasteiger partial charge in [-0.25, -0.2) is 13.6 Å². The van der Waals surface area contributed by atoms with Gasteiger partial charge in [-0.05, 0) is 31.2 Å². The zero-order chi connectivity index (χ0) is 17.3. The first-order valence-corrected chi connectivity index (χ1v) is 7.93. The van der Waals surface area contributed by atoms with Crippen LogP contribution in [-0.2, 0) is 4.79 Å². The lowest BCUT2D eigenvalue weighted by Crippen LogP contribution is -2.55. The summed E-state index contributed by atoms with van der Waals surface area (Å²) in [4.78, 5) is 27.2. The molecule has 3 rings (SSSR count). The first-order valence-electron chi connectivity index (χ1n) is 7.93. The molecule has 0 bridgehead atoms. The third-order valence-corrected chi connectivity index (χ3v) is 4.57. The number of urea groups is 1. The van der Waals surface area contributed by atoms with Crippen molar-refractivity contribution >= 4 is 11.9 Å². The zero-order valence-electron chi connectivity index (χ0n) is 13.4. The van der Waals surface area contributed by atoms with Crippen molar-refractivity contribution in [3.8, 4) is 0 Å². The number of hydrogen-bond acceptors (Lipinski definition) is 3. The van der Waals surface area contributed by atoms with Gasteiger partial charge in [-0.1, -0.05) is 6.07 Å². The van der Waals surface area contributed by atoms with E-state index in [0.717, 1.165) is 12.6 Å². The van der Waals surface area contributed by atoms with E-state index in [0.29, 0.717) is 25.1 Å². The molecule has 0 unspecified atom stereocenters. The van der Waals surface area contributed by atoms with Crippen molar-refractivity contribution in [2.75, 3.05) is 33.2 Å². The van der Waals surface area contributed by atoms with Crippen molar-refractivity contribution in [2.45, 2.75) is 18.5 Å². The van der Waals surface area contributed by atoms with Crippen LogP contribution in [0.4, 0.5) is 13.6 Å². The molecule has 3 amide bonds. The zero-order valence-corrected chi connectivity index (χ0v) is 13.4. The molecular weight excluding hydrogens is 318 g/mol. The maximum absolute atomic E-state index is 13.5. The molecule has 2 atom stereocenters. The summed E-state index contributed by atoms with van der Waals surface area (Å²) in [7, 11) is 1.88. The van der Waals surface area contributed by atoms with Gasteiger partial charge >= 0.3 is 6.03 Å². The maximum atomic E-state index is 13.5. The summed E-state index contributed by atoms with van der Waals surface area (Å²) in [6.45, 7) is 1.65. The quantitative estimate of drug-likeness (QED) is 0.840. The van der Waals surface area contributed by atoms with Crippen LogP contribution in [0.15, 0.2) is 18.2 Å². The second-order valence-electron chi connectivity index (χ2n) is 6.22. The van der Waals surface area contributed by atoms with E-state index in [4.69, 9.17) is 0 Å². The van der Waals surface area contributed by atoms with Gasteiger partial charge < -0.3 is 15.5 Å². The lowest BCUT2D eigenvalue weighted by Gasteiger charge is -2.31. The molecule has 2 heterocycles. The molecule has 0 radical (unpaired) electrons. The highest BCUT2D eigenvalue weighted by Crippen LogP contribution is 2.31. The summed E-state index contributed by atoms with van der Waals surface area (Å²) in [5.74, 6) is -1.97. The number of amides is 3. The number of nitrogens with one attached hydrogen (secondary N) is 2. The molecular formula is C16H20F2N4O2. The van der Waals surface area contributed by atoms with Crippen LogP contribution in [0, 0.1) is 11.6 Å². The van der Waals surface area contributed by atoms with Crippen LogP contribution in [0.3, 0.4) is 0 Å². The molecule has 1 aromatic rings.